The monoisotopic (exact) mass is 630 g/mol. The number of hydrogen-bond acceptors (Lipinski definition) is 1. The minimum atomic E-state index is -5.06. The number of rotatable bonds is 10. The highest BCUT2D eigenvalue weighted by atomic mass is 35.5. The quantitative estimate of drug-likeness (QED) is 0.125. The van der Waals surface area contributed by atoms with Gasteiger partial charge >= 0.3 is 12.3 Å². The van der Waals surface area contributed by atoms with Crippen molar-refractivity contribution in [1.82, 2.24) is 0 Å². The maximum atomic E-state index is 15.0. The Labute approximate surface area is 246 Å². The second-order valence-electron chi connectivity index (χ2n) is 9.90. The molecule has 0 saturated heterocycles. The molecule has 0 fully saturated rings. The first-order valence-corrected chi connectivity index (χ1v) is 13.6. The molecular formula is C32H24ClF9O. The molecule has 43 heavy (non-hydrogen) atoms. The Morgan fingerprint density at radius 3 is 1.81 bits per heavy atom. The SMILES string of the molecule is CCCCCCc1ccc(-c2cc(F)c(OC(F)(F)c3cc(F)c(-c4ccc(C(F)(F)F)c(F)c4)c(F)c3)c(Cl)c2)cc1. The van der Waals surface area contributed by atoms with Crippen molar-refractivity contribution in [1.29, 1.82) is 0 Å². The molecule has 0 N–H and O–H groups in total. The molecule has 0 saturated carbocycles. The summed E-state index contributed by atoms with van der Waals surface area (Å²) in [6.45, 7) is 2.12. The van der Waals surface area contributed by atoms with Crippen LogP contribution in [0, 0.1) is 23.3 Å². The largest absolute Gasteiger partial charge is 0.427 e. The Bertz CT molecular complexity index is 1550. The normalized spacial score (nSPS) is 12.1. The Kier molecular flexibility index (Phi) is 9.69. The van der Waals surface area contributed by atoms with Crippen LogP contribution in [0.3, 0.4) is 0 Å². The van der Waals surface area contributed by atoms with Crippen LogP contribution in [0.2, 0.25) is 5.02 Å². The maximum absolute atomic E-state index is 15.0. The van der Waals surface area contributed by atoms with Crippen LogP contribution in [0.5, 0.6) is 5.75 Å². The molecule has 0 aliphatic carbocycles. The first-order valence-electron chi connectivity index (χ1n) is 13.2. The molecule has 4 rings (SSSR count). The van der Waals surface area contributed by atoms with Gasteiger partial charge in [0.15, 0.2) is 11.6 Å². The molecule has 0 atom stereocenters. The smallest absolute Gasteiger partial charge is 0.424 e. The Hall–Kier alpha value is -3.66. The molecule has 228 valence electrons. The fourth-order valence-electron chi connectivity index (χ4n) is 4.55. The van der Waals surface area contributed by atoms with Crippen molar-refractivity contribution in [2.75, 3.05) is 0 Å². The minimum absolute atomic E-state index is 0.151. The van der Waals surface area contributed by atoms with E-state index in [0.717, 1.165) is 43.7 Å². The second kappa shape index (κ2) is 12.9. The third-order valence-electron chi connectivity index (χ3n) is 6.78. The summed E-state index contributed by atoms with van der Waals surface area (Å²) in [5, 5.41) is -0.531. The van der Waals surface area contributed by atoms with Crippen LogP contribution < -0.4 is 4.74 Å². The van der Waals surface area contributed by atoms with Crippen molar-refractivity contribution < 1.29 is 44.3 Å². The van der Waals surface area contributed by atoms with Crippen molar-refractivity contribution in [3.05, 3.63) is 112 Å². The molecule has 0 aliphatic heterocycles. The van der Waals surface area contributed by atoms with Gasteiger partial charge in [0.05, 0.1) is 21.7 Å². The first-order chi connectivity index (χ1) is 20.2. The number of alkyl halides is 5. The van der Waals surface area contributed by atoms with Crippen molar-refractivity contribution in [2.24, 2.45) is 0 Å². The van der Waals surface area contributed by atoms with Gasteiger partial charge in [0.25, 0.3) is 0 Å². The number of ether oxygens (including phenoxy) is 1. The Balaban J connectivity index is 1.56. The number of hydrogen-bond donors (Lipinski definition) is 0. The second-order valence-corrected chi connectivity index (χ2v) is 10.3. The van der Waals surface area contributed by atoms with Gasteiger partial charge in [0.2, 0.25) is 0 Å². The molecule has 4 aromatic carbocycles. The van der Waals surface area contributed by atoms with Gasteiger partial charge in [-0.3, -0.25) is 0 Å². The van der Waals surface area contributed by atoms with Crippen molar-refractivity contribution in [2.45, 2.75) is 51.3 Å². The Morgan fingerprint density at radius 1 is 0.651 bits per heavy atom. The van der Waals surface area contributed by atoms with E-state index in [1.807, 2.05) is 12.1 Å². The number of halogens is 10. The van der Waals surface area contributed by atoms with Gasteiger partial charge in [-0.05, 0) is 71.5 Å². The average molecular weight is 631 g/mol. The van der Waals surface area contributed by atoms with Crippen molar-refractivity contribution in [3.63, 3.8) is 0 Å². The molecule has 0 spiro atoms. The summed E-state index contributed by atoms with van der Waals surface area (Å²) >= 11 is 6.07. The van der Waals surface area contributed by atoms with Crippen molar-refractivity contribution >= 4 is 11.6 Å². The third kappa shape index (κ3) is 7.47. The lowest BCUT2D eigenvalue weighted by Crippen LogP contribution is -2.23. The van der Waals surface area contributed by atoms with E-state index in [1.165, 1.54) is 6.07 Å². The van der Waals surface area contributed by atoms with Crippen LogP contribution in [0.15, 0.2) is 66.7 Å². The van der Waals surface area contributed by atoms with E-state index in [9.17, 15) is 39.5 Å². The van der Waals surface area contributed by atoms with Gasteiger partial charge in [0, 0.05) is 0 Å². The van der Waals surface area contributed by atoms with Gasteiger partial charge in [-0.1, -0.05) is 68.1 Å². The van der Waals surface area contributed by atoms with E-state index in [4.69, 9.17) is 11.6 Å². The summed E-state index contributed by atoms with van der Waals surface area (Å²) in [5.74, 6) is -7.43. The maximum Gasteiger partial charge on any atom is 0.427 e. The molecule has 0 heterocycles. The molecule has 0 unspecified atom stereocenters. The van der Waals surface area contributed by atoms with E-state index in [-0.39, 0.29) is 29.8 Å². The highest BCUT2D eigenvalue weighted by Crippen LogP contribution is 2.41. The molecule has 1 nitrogen and oxygen atoms in total. The molecule has 0 bridgehead atoms. The van der Waals surface area contributed by atoms with Crippen LogP contribution in [-0.4, -0.2) is 0 Å². The standard InChI is InChI=1S/C32H24ClF9O/c1-2-3-4-5-6-18-7-9-19(10-8-18)21-13-24(33)30(28(37)15-21)43-32(41,42)22-16-26(35)29(27(36)17-22)20-11-12-23(25(34)14-20)31(38,39)40/h7-17H,2-6H2,1H3. The van der Waals surface area contributed by atoms with Crippen molar-refractivity contribution in [3.8, 4) is 28.0 Å². The summed E-state index contributed by atoms with van der Waals surface area (Å²) in [5.41, 5.74) is -2.84. The van der Waals surface area contributed by atoms with E-state index >= 15 is 0 Å². The lowest BCUT2D eigenvalue weighted by atomic mass is 10.00. The fourth-order valence-corrected chi connectivity index (χ4v) is 4.79. The molecule has 0 radical (unpaired) electrons. The van der Waals surface area contributed by atoms with Gasteiger partial charge in [-0.25, -0.2) is 17.6 Å². The molecule has 0 aromatic heterocycles. The molecule has 11 heteroatoms. The van der Waals surface area contributed by atoms with Crippen LogP contribution in [0.1, 0.15) is 49.3 Å². The topological polar surface area (TPSA) is 9.23 Å². The Morgan fingerprint density at radius 2 is 1.26 bits per heavy atom. The predicted molar refractivity (Wildman–Crippen MR) is 146 cm³/mol. The summed E-state index contributed by atoms with van der Waals surface area (Å²) in [4.78, 5) is 0. The number of unbranched alkanes of at least 4 members (excludes halogenated alkanes) is 3. The lowest BCUT2D eigenvalue weighted by molar-refractivity contribution is -0.187. The van der Waals surface area contributed by atoms with Crippen LogP contribution >= 0.6 is 11.6 Å². The zero-order valence-corrected chi connectivity index (χ0v) is 23.3. The highest BCUT2D eigenvalue weighted by molar-refractivity contribution is 6.32. The van der Waals surface area contributed by atoms with Crippen LogP contribution in [-0.2, 0) is 18.7 Å². The fraction of sp³-hybridized carbons (Fsp3) is 0.250. The van der Waals surface area contributed by atoms with Crippen LogP contribution in [0.4, 0.5) is 39.5 Å². The van der Waals surface area contributed by atoms with Gasteiger partial charge < -0.3 is 4.74 Å². The lowest BCUT2D eigenvalue weighted by Gasteiger charge is -2.21. The average Bonchev–Trinajstić information content (AvgIpc) is 2.92. The summed E-state index contributed by atoms with van der Waals surface area (Å²) in [6, 6.07) is 10.8. The summed E-state index contributed by atoms with van der Waals surface area (Å²) in [6.07, 6.45) is -4.30. The van der Waals surface area contributed by atoms with Crippen LogP contribution in [0.25, 0.3) is 22.3 Å². The van der Waals surface area contributed by atoms with E-state index in [2.05, 4.69) is 11.7 Å². The molecule has 0 amide bonds. The number of benzene rings is 4. The minimum Gasteiger partial charge on any atom is -0.424 e. The highest BCUT2D eigenvalue weighted by Gasteiger charge is 2.39. The summed E-state index contributed by atoms with van der Waals surface area (Å²) < 4.78 is 131. The van der Waals surface area contributed by atoms with E-state index in [0.29, 0.717) is 11.6 Å². The molecule has 4 aromatic rings. The zero-order valence-electron chi connectivity index (χ0n) is 22.6. The van der Waals surface area contributed by atoms with E-state index < -0.39 is 68.6 Å². The first kappa shape index (κ1) is 32.3. The summed E-state index contributed by atoms with van der Waals surface area (Å²) in [7, 11) is 0. The van der Waals surface area contributed by atoms with Gasteiger partial charge in [0.1, 0.15) is 17.5 Å². The van der Waals surface area contributed by atoms with Gasteiger partial charge in [-0.2, -0.15) is 22.0 Å². The zero-order chi connectivity index (χ0) is 31.5. The predicted octanol–water partition coefficient (Wildman–Crippen LogP) is 11.5. The third-order valence-corrected chi connectivity index (χ3v) is 7.06. The molecule has 0 aliphatic rings. The molecular weight excluding hydrogens is 607 g/mol. The van der Waals surface area contributed by atoms with Gasteiger partial charge in [-0.15, -0.1) is 0 Å². The van der Waals surface area contributed by atoms with E-state index in [1.54, 1.807) is 12.1 Å². The number of aryl methyl sites for hydroxylation is 1.